The van der Waals surface area contributed by atoms with Gasteiger partial charge < -0.3 is 5.32 Å². The van der Waals surface area contributed by atoms with Crippen molar-refractivity contribution in [2.45, 2.75) is 26.7 Å². The van der Waals surface area contributed by atoms with E-state index in [0.29, 0.717) is 10.4 Å². The van der Waals surface area contributed by atoms with Gasteiger partial charge in [-0.2, -0.15) is 0 Å². The zero-order valence-electron chi connectivity index (χ0n) is 13.4. The number of hydrogen-bond acceptors (Lipinski definition) is 2. The maximum absolute atomic E-state index is 6.25. The molecule has 1 aliphatic carbocycles. The van der Waals surface area contributed by atoms with E-state index in [0.717, 1.165) is 35.2 Å². The molecule has 3 heteroatoms. The number of hydrogen-bond donors (Lipinski definition) is 1. The minimum atomic E-state index is 0.371. The molecule has 4 rings (SSSR count). The minimum Gasteiger partial charge on any atom is -0.340 e. The first kappa shape index (κ1) is 14.5. The van der Waals surface area contributed by atoms with Gasteiger partial charge in [-0.25, -0.2) is 4.98 Å². The normalized spacial score (nSPS) is 15.6. The van der Waals surface area contributed by atoms with Gasteiger partial charge in [0.1, 0.15) is 5.82 Å². The molecule has 1 N–H and O–H groups in total. The standard InChI is InChI=1S/C20H19ClN2/c1-20(2)11-14-6-8-16(10-15(14)12-20)22-18-9-7-13-4-3-5-17(21)19(13)23-18/h3-10H,11-12H2,1-2H3,(H,22,23). The summed E-state index contributed by atoms with van der Waals surface area (Å²) in [5.41, 5.74) is 5.20. The number of aromatic nitrogens is 1. The lowest BCUT2D eigenvalue weighted by atomic mass is 9.90. The molecule has 2 aromatic carbocycles. The third-order valence-electron chi connectivity index (χ3n) is 4.49. The van der Waals surface area contributed by atoms with Crippen LogP contribution in [0.4, 0.5) is 11.5 Å². The van der Waals surface area contributed by atoms with Crippen LogP contribution in [0.15, 0.2) is 48.5 Å². The Kier molecular flexibility index (Phi) is 3.31. The fraction of sp³-hybridized carbons (Fsp3) is 0.250. The molecule has 0 aliphatic heterocycles. The minimum absolute atomic E-state index is 0.371. The largest absolute Gasteiger partial charge is 0.340 e. The Labute approximate surface area is 141 Å². The first-order chi connectivity index (χ1) is 11.0. The molecular formula is C20H19ClN2. The van der Waals surface area contributed by atoms with Gasteiger partial charge in [0.15, 0.2) is 0 Å². The molecule has 0 atom stereocenters. The second kappa shape index (κ2) is 5.24. The molecule has 2 nitrogen and oxygen atoms in total. The van der Waals surface area contributed by atoms with Gasteiger partial charge in [-0.1, -0.05) is 43.6 Å². The van der Waals surface area contributed by atoms with E-state index in [-0.39, 0.29) is 0 Å². The molecule has 0 bridgehead atoms. The first-order valence-corrected chi connectivity index (χ1v) is 8.32. The van der Waals surface area contributed by atoms with Crippen LogP contribution in [0.3, 0.4) is 0 Å². The van der Waals surface area contributed by atoms with Gasteiger partial charge in [0.25, 0.3) is 0 Å². The number of fused-ring (bicyclic) bond motifs is 2. The fourth-order valence-electron chi connectivity index (χ4n) is 3.46. The third-order valence-corrected chi connectivity index (χ3v) is 4.79. The van der Waals surface area contributed by atoms with Crippen molar-refractivity contribution in [3.05, 3.63) is 64.7 Å². The summed E-state index contributed by atoms with van der Waals surface area (Å²) in [5.74, 6) is 0.822. The summed E-state index contributed by atoms with van der Waals surface area (Å²) >= 11 is 6.25. The van der Waals surface area contributed by atoms with Crippen molar-refractivity contribution in [3.8, 4) is 0 Å². The van der Waals surface area contributed by atoms with E-state index in [4.69, 9.17) is 11.6 Å². The number of benzene rings is 2. The van der Waals surface area contributed by atoms with Gasteiger partial charge in [-0.3, -0.25) is 0 Å². The lowest BCUT2D eigenvalue weighted by Crippen LogP contribution is -2.09. The molecule has 3 aromatic rings. The molecule has 0 spiro atoms. The van der Waals surface area contributed by atoms with Crippen LogP contribution in [0.2, 0.25) is 5.02 Å². The van der Waals surface area contributed by atoms with Crippen LogP contribution in [-0.2, 0) is 12.8 Å². The number of para-hydroxylation sites is 1. The van der Waals surface area contributed by atoms with Gasteiger partial charge in [-0.05, 0) is 59.7 Å². The summed E-state index contributed by atoms with van der Waals surface area (Å²) in [6.07, 6.45) is 2.29. The summed E-state index contributed by atoms with van der Waals surface area (Å²) in [6, 6.07) is 16.5. The van der Waals surface area contributed by atoms with Crippen molar-refractivity contribution in [1.29, 1.82) is 0 Å². The summed E-state index contributed by atoms with van der Waals surface area (Å²) in [6.45, 7) is 4.65. The predicted molar refractivity (Wildman–Crippen MR) is 97.7 cm³/mol. The van der Waals surface area contributed by atoms with E-state index in [9.17, 15) is 0 Å². The number of anilines is 2. The summed E-state index contributed by atoms with van der Waals surface area (Å²) in [5, 5.41) is 5.15. The monoisotopic (exact) mass is 322 g/mol. The Bertz CT molecular complexity index is 899. The SMILES string of the molecule is CC1(C)Cc2ccc(Nc3ccc4cccc(Cl)c4n3)cc2C1. The van der Waals surface area contributed by atoms with Crippen molar-refractivity contribution >= 4 is 34.0 Å². The van der Waals surface area contributed by atoms with E-state index in [2.05, 4.69) is 42.3 Å². The van der Waals surface area contributed by atoms with E-state index in [1.165, 1.54) is 11.1 Å². The second-order valence-electron chi connectivity index (χ2n) is 7.13. The Balaban J connectivity index is 1.65. The lowest BCUT2D eigenvalue weighted by molar-refractivity contribution is 0.392. The van der Waals surface area contributed by atoms with Crippen LogP contribution in [0.1, 0.15) is 25.0 Å². The van der Waals surface area contributed by atoms with Crippen LogP contribution < -0.4 is 5.32 Å². The molecule has 23 heavy (non-hydrogen) atoms. The van der Waals surface area contributed by atoms with Crippen LogP contribution >= 0.6 is 11.6 Å². The molecule has 0 saturated carbocycles. The molecule has 0 saturated heterocycles. The van der Waals surface area contributed by atoms with E-state index in [1.54, 1.807) is 0 Å². The third kappa shape index (κ3) is 2.79. The number of nitrogens with one attached hydrogen (secondary N) is 1. The van der Waals surface area contributed by atoms with Crippen molar-refractivity contribution in [3.63, 3.8) is 0 Å². The fourth-order valence-corrected chi connectivity index (χ4v) is 3.69. The highest BCUT2D eigenvalue weighted by Gasteiger charge is 2.28. The van der Waals surface area contributed by atoms with E-state index in [1.807, 2.05) is 30.3 Å². The van der Waals surface area contributed by atoms with Crippen LogP contribution in [0.5, 0.6) is 0 Å². The zero-order valence-corrected chi connectivity index (χ0v) is 14.1. The van der Waals surface area contributed by atoms with Gasteiger partial charge in [-0.15, -0.1) is 0 Å². The van der Waals surface area contributed by atoms with Gasteiger partial charge in [0, 0.05) is 11.1 Å². The molecule has 116 valence electrons. The smallest absolute Gasteiger partial charge is 0.131 e. The quantitative estimate of drug-likeness (QED) is 0.649. The molecule has 1 aromatic heterocycles. The highest BCUT2D eigenvalue weighted by molar-refractivity contribution is 6.35. The Morgan fingerprint density at radius 1 is 1.00 bits per heavy atom. The van der Waals surface area contributed by atoms with Crippen LogP contribution in [0, 0.1) is 5.41 Å². The van der Waals surface area contributed by atoms with E-state index >= 15 is 0 Å². The Morgan fingerprint density at radius 2 is 1.83 bits per heavy atom. The number of halogens is 1. The first-order valence-electron chi connectivity index (χ1n) is 7.94. The van der Waals surface area contributed by atoms with Gasteiger partial charge >= 0.3 is 0 Å². The average molecular weight is 323 g/mol. The Morgan fingerprint density at radius 3 is 2.70 bits per heavy atom. The van der Waals surface area contributed by atoms with Gasteiger partial charge in [0.2, 0.25) is 0 Å². The highest BCUT2D eigenvalue weighted by atomic mass is 35.5. The van der Waals surface area contributed by atoms with Crippen LogP contribution in [0.25, 0.3) is 10.9 Å². The maximum Gasteiger partial charge on any atom is 0.131 e. The zero-order chi connectivity index (χ0) is 16.0. The summed E-state index contributed by atoms with van der Waals surface area (Å²) in [4.78, 5) is 4.65. The molecule has 1 heterocycles. The Hall–Kier alpha value is -2.06. The predicted octanol–water partition coefficient (Wildman–Crippen LogP) is 5.76. The van der Waals surface area contributed by atoms with Crippen molar-refractivity contribution in [2.24, 2.45) is 5.41 Å². The van der Waals surface area contributed by atoms with Crippen molar-refractivity contribution < 1.29 is 0 Å². The molecule has 0 radical (unpaired) electrons. The van der Waals surface area contributed by atoms with Crippen molar-refractivity contribution in [1.82, 2.24) is 4.98 Å². The lowest BCUT2D eigenvalue weighted by Gasteiger charge is -2.14. The molecule has 1 aliphatic rings. The molecule has 0 amide bonds. The summed E-state index contributed by atoms with van der Waals surface area (Å²) < 4.78 is 0. The van der Waals surface area contributed by atoms with Gasteiger partial charge in [0.05, 0.1) is 10.5 Å². The number of nitrogens with zero attached hydrogens (tertiary/aromatic N) is 1. The average Bonchev–Trinajstić information content (AvgIpc) is 2.81. The number of pyridine rings is 1. The van der Waals surface area contributed by atoms with Crippen molar-refractivity contribution in [2.75, 3.05) is 5.32 Å². The maximum atomic E-state index is 6.25. The second-order valence-corrected chi connectivity index (χ2v) is 7.54. The van der Waals surface area contributed by atoms with E-state index < -0.39 is 0 Å². The summed E-state index contributed by atoms with van der Waals surface area (Å²) in [7, 11) is 0. The molecule has 0 unspecified atom stereocenters. The number of rotatable bonds is 2. The highest BCUT2D eigenvalue weighted by Crippen LogP contribution is 2.37. The molecule has 0 fully saturated rings. The topological polar surface area (TPSA) is 24.9 Å². The molecular weight excluding hydrogens is 304 g/mol. The van der Waals surface area contributed by atoms with Crippen LogP contribution in [-0.4, -0.2) is 4.98 Å².